The van der Waals surface area contributed by atoms with Crippen molar-refractivity contribution in [3.8, 4) is 5.75 Å². The van der Waals surface area contributed by atoms with Crippen LogP contribution in [0.1, 0.15) is 31.2 Å². The number of morpholine rings is 1. The van der Waals surface area contributed by atoms with E-state index in [2.05, 4.69) is 31.7 Å². The first-order valence-electron chi connectivity index (χ1n) is 11.7. The Balaban J connectivity index is 1.52. The van der Waals surface area contributed by atoms with Crippen LogP contribution in [0.4, 0.5) is 0 Å². The van der Waals surface area contributed by atoms with Crippen LogP contribution in [0.25, 0.3) is 17.0 Å². The van der Waals surface area contributed by atoms with Gasteiger partial charge in [0.05, 0.1) is 40.2 Å². The van der Waals surface area contributed by atoms with Crippen LogP contribution >= 0.6 is 23.2 Å². The molecule has 9 heteroatoms. The monoisotopic (exact) mass is 525 g/mol. The number of ether oxygens (including phenoxy) is 2. The average molecular weight is 526 g/mol. The first-order chi connectivity index (χ1) is 17.4. The minimum atomic E-state index is -0.359. The number of allylic oxidation sites excluding steroid dienone is 1. The van der Waals surface area contributed by atoms with Gasteiger partial charge in [0, 0.05) is 49.2 Å². The molecule has 1 fully saturated rings. The van der Waals surface area contributed by atoms with E-state index >= 15 is 0 Å². The summed E-state index contributed by atoms with van der Waals surface area (Å²) in [6.45, 7) is 12.1. The van der Waals surface area contributed by atoms with Gasteiger partial charge in [-0.1, -0.05) is 29.8 Å². The van der Waals surface area contributed by atoms with Crippen molar-refractivity contribution in [2.45, 2.75) is 20.0 Å². The van der Waals surface area contributed by atoms with E-state index in [1.54, 1.807) is 18.6 Å². The number of hydrogen-bond acceptors (Lipinski definition) is 6. The Hall–Kier alpha value is -2.97. The maximum absolute atomic E-state index is 6.30. The van der Waals surface area contributed by atoms with Crippen LogP contribution in [0, 0.1) is 0 Å². The minimum Gasteiger partial charge on any atom is -0.486 e. The second-order valence-electron chi connectivity index (χ2n) is 8.43. The molecule has 3 heterocycles. The summed E-state index contributed by atoms with van der Waals surface area (Å²) in [6.07, 6.45) is 10.4. The number of aromatic nitrogens is 3. The molecule has 1 N–H and O–H groups in total. The van der Waals surface area contributed by atoms with Gasteiger partial charge in [0.1, 0.15) is 11.9 Å². The Bertz CT molecular complexity index is 1290. The van der Waals surface area contributed by atoms with Gasteiger partial charge in [-0.15, -0.1) is 0 Å². The highest BCUT2D eigenvalue weighted by Gasteiger charge is 2.17. The molecule has 1 saturated heterocycles. The molecule has 188 valence electrons. The molecule has 2 aromatic heterocycles. The maximum Gasteiger partial charge on any atom is 0.124 e. The van der Waals surface area contributed by atoms with Gasteiger partial charge < -0.3 is 9.47 Å². The summed E-state index contributed by atoms with van der Waals surface area (Å²) < 4.78 is 11.6. The van der Waals surface area contributed by atoms with E-state index in [0.29, 0.717) is 21.4 Å². The number of halogens is 2. The number of aliphatic imine (C=N–C) groups is 1. The van der Waals surface area contributed by atoms with Crippen molar-refractivity contribution in [3.63, 3.8) is 0 Å². The van der Waals surface area contributed by atoms with Crippen LogP contribution in [0.2, 0.25) is 10.0 Å². The van der Waals surface area contributed by atoms with E-state index in [1.807, 2.05) is 50.3 Å². The number of hydrogen-bond donors (Lipinski definition) is 1. The minimum absolute atomic E-state index is 0.359. The van der Waals surface area contributed by atoms with Gasteiger partial charge in [-0.2, -0.15) is 5.10 Å². The standard InChI is InChI=1S/C27H29Cl2N5O2/c1-4-31-20(13-18(2)17-34-9-11-35-12-10-34)5-7-25-22-14-21(6-8-26(22)33-32-25)36-19(3)27-23(28)15-30-16-24(27)29/h4-8,13-16,19H,2,9-12,17H2,1,3H3,(H,32,33)/b7-5+,20-13-,31-4?. The zero-order chi connectivity index (χ0) is 25.5. The lowest BCUT2D eigenvalue weighted by Crippen LogP contribution is -2.37. The van der Waals surface area contributed by atoms with Gasteiger partial charge in [0.2, 0.25) is 0 Å². The predicted molar refractivity (Wildman–Crippen MR) is 147 cm³/mol. The number of aromatic amines is 1. The fourth-order valence-corrected chi connectivity index (χ4v) is 4.70. The second kappa shape index (κ2) is 12.3. The Morgan fingerprint density at radius 1 is 1.28 bits per heavy atom. The lowest BCUT2D eigenvalue weighted by Gasteiger charge is -2.26. The predicted octanol–water partition coefficient (Wildman–Crippen LogP) is 6.28. The van der Waals surface area contributed by atoms with Crippen LogP contribution in [-0.2, 0) is 4.74 Å². The van der Waals surface area contributed by atoms with Crippen molar-refractivity contribution in [1.82, 2.24) is 20.1 Å². The average Bonchev–Trinajstić information content (AvgIpc) is 3.25. The first kappa shape index (κ1) is 26.1. The van der Waals surface area contributed by atoms with Crippen molar-refractivity contribution in [3.05, 3.63) is 81.9 Å². The van der Waals surface area contributed by atoms with Gasteiger partial charge in [0.15, 0.2) is 0 Å². The summed E-state index contributed by atoms with van der Waals surface area (Å²) in [5.74, 6) is 0.677. The Labute approximate surface area is 221 Å². The molecule has 0 bridgehead atoms. The Morgan fingerprint density at radius 2 is 2.03 bits per heavy atom. The normalized spacial score (nSPS) is 16.3. The molecule has 0 spiro atoms. The summed E-state index contributed by atoms with van der Waals surface area (Å²) in [7, 11) is 0. The van der Waals surface area contributed by atoms with E-state index < -0.39 is 0 Å². The van der Waals surface area contributed by atoms with Gasteiger partial charge in [-0.3, -0.25) is 20.0 Å². The van der Waals surface area contributed by atoms with Gasteiger partial charge in [-0.25, -0.2) is 0 Å². The molecule has 0 radical (unpaired) electrons. The van der Waals surface area contributed by atoms with E-state index in [0.717, 1.165) is 60.7 Å². The van der Waals surface area contributed by atoms with E-state index in [1.165, 1.54) is 0 Å². The van der Waals surface area contributed by atoms with Crippen LogP contribution in [0.3, 0.4) is 0 Å². The number of rotatable bonds is 9. The molecule has 1 aliphatic heterocycles. The topological polar surface area (TPSA) is 75.6 Å². The summed E-state index contributed by atoms with van der Waals surface area (Å²) in [5, 5.41) is 9.39. The second-order valence-corrected chi connectivity index (χ2v) is 9.24. The van der Waals surface area contributed by atoms with Crippen LogP contribution < -0.4 is 4.74 Å². The van der Waals surface area contributed by atoms with Crippen molar-refractivity contribution in [2.24, 2.45) is 4.99 Å². The quantitative estimate of drug-likeness (QED) is 0.262. The fourth-order valence-electron chi connectivity index (χ4n) is 4.03. The van der Waals surface area contributed by atoms with Crippen molar-refractivity contribution in [1.29, 1.82) is 0 Å². The molecule has 4 rings (SSSR count). The van der Waals surface area contributed by atoms with Gasteiger partial charge >= 0.3 is 0 Å². The van der Waals surface area contributed by atoms with Crippen molar-refractivity contribution < 1.29 is 9.47 Å². The highest BCUT2D eigenvalue weighted by Crippen LogP contribution is 2.33. The van der Waals surface area contributed by atoms with Crippen LogP contribution in [0.5, 0.6) is 5.75 Å². The van der Waals surface area contributed by atoms with Gasteiger partial charge in [-0.05, 0) is 55.8 Å². The number of fused-ring (bicyclic) bond motifs is 1. The zero-order valence-electron chi connectivity index (χ0n) is 20.4. The van der Waals surface area contributed by atoms with E-state index in [4.69, 9.17) is 32.7 Å². The molecule has 1 aromatic carbocycles. The third-order valence-electron chi connectivity index (χ3n) is 5.75. The molecule has 0 saturated carbocycles. The SMILES string of the molecule is C=C(/C=C(/C=C/c1n[nH]c2ccc(OC(C)c3c(Cl)cncc3Cl)cc12)N=CC)CN1CCOCC1. The summed E-state index contributed by atoms with van der Waals surface area (Å²) >= 11 is 12.6. The third kappa shape index (κ3) is 6.62. The molecule has 36 heavy (non-hydrogen) atoms. The van der Waals surface area contributed by atoms with E-state index in [-0.39, 0.29) is 6.10 Å². The highest BCUT2D eigenvalue weighted by molar-refractivity contribution is 6.35. The number of H-pyrrole nitrogens is 1. The summed E-state index contributed by atoms with van der Waals surface area (Å²) in [5.41, 5.74) is 4.17. The molecular formula is C27H29Cl2N5O2. The van der Waals surface area contributed by atoms with Crippen molar-refractivity contribution >= 4 is 46.4 Å². The fraction of sp³-hybridized carbons (Fsp3) is 0.296. The number of pyridine rings is 1. The summed E-state index contributed by atoms with van der Waals surface area (Å²) in [4.78, 5) is 10.8. The van der Waals surface area contributed by atoms with Crippen LogP contribution in [-0.4, -0.2) is 59.1 Å². The zero-order valence-corrected chi connectivity index (χ0v) is 21.9. The van der Waals surface area contributed by atoms with Gasteiger partial charge in [0.25, 0.3) is 0 Å². The number of nitrogens with one attached hydrogen (secondary N) is 1. The Kier molecular flexibility index (Phi) is 8.93. The summed E-state index contributed by atoms with van der Waals surface area (Å²) in [6, 6.07) is 5.76. The van der Waals surface area contributed by atoms with Crippen molar-refractivity contribution in [2.75, 3.05) is 32.8 Å². The van der Waals surface area contributed by atoms with Crippen LogP contribution in [0.15, 0.2) is 65.6 Å². The maximum atomic E-state index is 6.30. The number of nitrogens with zero attached hydrogens (tertiary/aromatic N) is 4. The first-order valence-corrected chi connectivity index (χ1v) is 12.5. The molecular weight excluding hydrogens is 497 g/mol. The molecule has 3 aromatic rings. The highest BCUT2D eigenvalue weighted by atomic mass is 35.5. The lowest BCUT2D eigenvalue weighted by molar-refractivity contribution is 0.0426. The number of benzene rings is 1. The molecule has 0 aliphatic carbocycles. The Morgan fingerprint density at radius 3 is 2.75 bits per heavy atom. The molecule has 1 atom stereocenters. The third-order valence-corrected chi connectivity index (χ3v) is 6.35. The lowest BCUT2D eigenvalue weighted by atomic mass is 10.1. The molecule has 1 unspecified atom stereocenters. The van der Waals surface area contributed by atoms with E-state index in [9.17, 15) is 0 Å². The molecule has 0 amide bonds. The smallest absolute Gasteiger partial charge is 0.124 e. The molecule has 1 aliphatic rings. The molecule has 7 nitrogen and oxygen atoms in total. The largest absolute Gasteiger partial charge is 0.486 e.